The second kappa shape index (κ2) is 5.28. The van der Waals surface area contributed by atoms with Crippen LogP contribution in [0.3, 0.4) is 0 Å². The SMILES string of the molecule is O=C(O)c1ncc(OCC2CC2)nc1-c1ccccc1. The summed E-state index contributed by atoms with van der Waals surface area (Å²) in [6.07, 6.45) is 3.75. The molecular formula is C15H14N2O3. The molecule has 1 aliphatic rings. The van der Waals surface area contributed by atoms with E-state index in [4.69, 9.17) is 4.74 Å². The van der Waals surface area contributed by atoms with Gasteiger partial charge in [-0.3, -0.25) is 0 Å². The van der Waals surface area contributed by atoms with Crippen molar-refractivity contribution >= 4 is 5.97 Å². The minimum absolute atomic E-state index is 0.0602. The van der Waals surface area contributed by atoms with E-state index in [0.717, 1.165) is 0 Å². The van der Waals surface area contributed by atoms with E-state index in [1.54, 1.807) is 12.1 Å². The fourth-order valence-electron chi connectivity index (χ4n) is 1.88. The van der Waals surface area contributed by atoms with Crippen LogP contribution in [0.1, 0.15) is 23.3 Å². The molecule has 5 heteroatoms. The van der Waals surface area contributed by atoms with E-state index in [9.17, 15) is 9.90 Å². The summed E-state index contributed by atoms with van der Waals surface area (Å²) in [5, 5.41) is 9.20. The van der Waals surface area contributed by atoms with Gasteiger partial charge < -0.3 is 9.84 Å². The fraction of sp³-hybridized carbons (Fsp3) is 0.267. The van der Waals surface area contributed by atoms with Crippen LogP contribution >= 0.6 is 0 Å². The summed E-state index contributed by atoms with van der Waals surface area (Å²) in [5.74, 6) is -0.109. The standard InChI is InChI=1S/C15H14N2O3/c18-15(19)14-13(11-4-2-1-3-5-11)17-12(8-16-14)20-9-10-6-7-10/h1-5,8,10H,6-7,9H2,(H,18,19). The predicted octanol–water partition coefficient (Wildman–Crippen LogP) is 2.63. The summed E-state index contributed by atoms with van der Waals surface area (Å²) in [4.78, 5) is 19.5. The molecule has 2 aromatic rings. The maximum atomic E-state index is 11.2. The third kappa shape index (κ3) is 2.77. The molecule has 0 atom stereocenters. The number of carboxylic acid groups (broad SMARTS) is 1. The van der Waals surface area contributed by atoms with Crippen LogP contribution in [0.2, 0.25) is 0 Å². The van der Waals surface area contributed by atoms with E-state index in [1.165, 1.54) is 19.0 Å². The fourth-order valence-corrected chi connectivity index (χ4v) is 1.88. The first kappa shape index (κ1) is 12.6. The highest BCUT2D eigenvalue weighted by molar-refractivity contribution is 5.92. The van der Waals surface area contributed by atoms with E-state index >= 15 is 0 Å². The molecule has 1 heterocycles. The van der Waals surface area contributed by atoms with Gasteiger partial charge in [0.1, 0.15) is 5.69 Å². The Morgan fingerprint density at radius 2 is 2.05 bits per heavy atom. The van der Waals surface area contributed by atoms with Gasteiger partial charge in [-0.2, -0.15) is 0 Å². The lowest BCUT2D eigenvalue weighted by Crippen LogP contribution is -2.08. The topological polar surface area (TPSA) is 72.3 Å². The lowest BCUT2D eigenvalue weighted by Gasteiger charge is -2.08. The summed E-state index contributed by atoms with van der Waals surface area (Å²) in [5.41, 5.74) is 0.996. The molecule has 1 aliphatic carbocycles. The van der Waals surface area contributed by atoms with Crippen molar-refractivity contribution in [2.45, 2.75) is 12.8 Å². The van der Waals surface area contributed by atoms with Crippen molar-refractivity contribution in [2.24, 2.45) is 5.92 Å². The Labute approximate surface area is 116 Å². The predicted molar refractivity (Wildman–Crippen MR) is 72.6 cm³/mol. The zero-order valence-corrected chi connectivity index (χ0v) is 10.8. The summed E-state index contributed by atoms with van der Waals surface area (Å²) < 4.78 is 5.56. The molecule has 3 rings (SSSR count). The molecule has 1 fully saturated rings. The van der Waals surface area contributed by atoms with E-state index in [0.29, 0.717) is 29.7 Å². The second-order valence-corrected chi connectivity index (χ2v) is 4.83. The second-order valence-electron chi connectivity index (χ2n) is 4.83. The van der Waals surface area contributed by atoms with Gasteiger partial charge in [0.25, 0.3) is 0 Å². The van der Waals surface area contributed by atoms with Gasteiger partial charge in [-0.1, -0.05) is 30.3 Å². The van der Waals surface area contributed by atoms with Crippen LogP contribution in [-0.2, 0) is 0 Å². The molecule has 0 spiro atoms. The van der Waals surface area contributed by atoms with Crippen molar-refractivity contribution < 1.29 is 14.6 Å². The highest BCUT2D eigenvalue weighted by atomic mass is 16.5. The first-order valence-corrected chi connectivity index (χ1v) is 6.52. The van der Waals surface area contributed by atoms with Gasteiger partial charge in [0, 0.05) is 5.56 Å². The largest absolute Gasteiger partial charge is 0.476 e. The Kier molecular flexibility index (Phi) is 3.33. The number of aromatic carboxylic acids is 1. The number of benzene rings is 1. The summed E-state index contributed by atoms with van der Waals surface area (Å²) in [6, 6.07) is 9.15. The number of hydrogen-bond donors (Lipinski definition) is 1. The number of rotatable bonds is 5. The summed E-state index contributed by atoms with van der Waals surface area (Å²) in [6.45, 7) is 0.620. The van der Waals surface area contributed by atoms with Gasteiger partial charge in [0.2, 0.25) is 5.88 Å². The van der Waals surface area contributed by atoms with Crippen molar-refractivity contribution in [1.29, 1.82) is 0 Å². The number of aromatic nitrogens is 2. The molecule has 1 N–H and O–H groups in total. The van der Waals surface area contributed by atoms with E-state index in [-0.39, 0.29) is 5.69 Å². The number of hydrogen-bond acceptors (Lipinski definition) is 4. The Hall–Kier alpha value is -2.43. The van der Waals surface area contributed by atoms with Crippen molar-refractivity contribution in [3.8, 4) is 17.1 Å². The Bertz CT molecular complexity index is 624. The van der Waals surface area contributed by atoms with Crippen molar-refractivity contribution in [3.05, 3.63) is 42.2 Å². The van der Waals surface area contributed by atoms with Gasteiger partial charge in [-0.05, 0) is 18.8 Å². The molecule has 0 aliphatic heterocycles. The minimum Gasteiger partial charge on any atom is -0.476 e. The number of carbonyl (C=O) groups is 1. The normalized spacial score (nSPS) is 14.0. The zero-order chi connectivity index (χ0) is 13.9. The van der Waals surface area contributed by atoms with Crippen molar-refractivity contribution in [2.75, 3.05) is 6.61 Å². The zero-order valence-electron chi connectivity index (χ0n) is 10.8. The number of nitrogens with zero attached hydrogens (tertiary/aromatic N) is 2. The first-order chi connectivity index (χ1) is 9.74. The lowest BCUT2D eigenvalue weighted by atomic mass is 10.1. The molecule has 102 valence electrons. The van der Waals surface area contributed by atoms with E-state index in [1.807, 2.05) is 18.2 Å². The van der Waals surface area contributed by atoms with Crippen LogP contribution in [0.25, 0.3) is 11.3 Å². The van der Waals surface area contributed by atoms with Crippen LogP contribution in [-0.4, -0.2) is 27.7 Å². The molecule has 0 saturated heterocycles. The van der Waals surface area contributed by atoms with Crippen LogP contribution in [0.15, 0.2) is 36.5 Å². The molecule has 1 aromatic carbocycles. The molecular weight excluding hydrogens is 256 g/mol. The van der Waals surface area contributed by atoms with Crippen LogP contribution in [0.4, 0.5) is 0 Å². The van der Waals surface area contributed by atoms with Crippen molar-refractivity contribution in [3.63, 3.8) is 0 Å². The van der Waals surface area contributed by atoms with Crippen LogP contribution < -0.4 is 4.74 Å². The molecule has 0 unspecified atom stereocenters. The van der Waals surface area contributed by atoms with Crippen LogP contribution in [0, 0.1) is 5.92 Å². The van der Waals surface area contributed by atoms with Gasteiger partial charge in [0.15, 0.2) is 5.69 Å². The minimum atomic E-state index is -1.09. The molecule has 20 heavy (non-hydrogen) atoms. The quantitative estimate of drug-likeness (QED) is 0.904. The molecule has 0 amide bonds. The highest BCUT2D eigenvalue weighted by Gasteiger charge is 2.23. The summed E-state index contributed by atoms with van der Waals surface area (Å²) >= 11 is 0. The first-order valence-electron chi connectivity index (χ1n) is 6.52. The smallest absolute Gasteiger partial charge is 0.356 e. The number of carboxylic acids is 1. The van der Waals surface area contributed by atoms with Crippen LogP contribution in [0.5, 0.6) is 5.88 Å². The summed E-state index contributed by atoms with van der Waals surface area (Å²) in [7, 11) is 0. The van der Waals surface area contributed by atoms with Crippen molar-refractivity contribution in [1.82, 2.24) is 9.97 Å². The molecule has 0 radical (unpaired) electrons. The molecule has 1 aromatic heterocycles. The highest BCUT2D eigenvalue weighted by Crippen LogP contribution is 2.29. The average Bonchev–Trinajstić information content (AvgIpc) is 3.30. The maximum Gasteiger partial charge on any atom is 0.356 e. The Morgan fingerprint density at radius 3 is 2.70 bits per heavy atom. The lowest BCUT2D eigenvalue weighted by molar-refractivity contribution is 0.0691. The van der Waals surface area contributed by atoms with Gasteiger partial charge in [-0.25, -0.2) is 14.8 Å². The van der Waals surface area contributed by atoms with E-state index < -0.39 is 5.97 Å². The van der Waals surface area contributed by atoms with Gasteiger partial charge in [0.05, 0.1) is 12.8 Å². The van der Waals surface area contributed by atoms with Gasteiger partial charge in [-0.15, -0.1) is 0 Å². The van der Waals surface area contributed by atoms with Gasteiger partial charge >= 0.3 is 5.97 Å². The molecule has 5 nitrogen and oxygen atoms in total. The van der Waals surface area contributed by atoms with E-state index in [2.05, 4.69) is 9.97 Å². The Morgan fingerprint density at radius 1 is 1.30 bits per heavy atom. The molecule has 1 saturated carbocycles. The monoisotopic (exact) mass is 270 g/mol. The third-order valence-electron chi connectivity index (χ3n) is 3.16. The molecule has 0 bridgehead atoms. The average molecular weight is 270 g/mol. The third-order valence-corrected chi connectivity index (χ3v) is 3.16. The maximum absolute atomic E-state index is 11.2. The number of ether oxygens (including phenoxy) is 1. The Balaban J connectivity index is 1.94.